The maximum absolute atomic E-state index is 13.5. The lowest BCUT2D eigenvalue weighted by Crippen LogP contribution is -2.34. The molecule has 7 rings (SSSR count). The Morgan fingerprint density at radius 2 is 1.32 bits per heavy atom. The molecule has 296 valence electrons. The highest BCUT2D eigenvalue weighted by molar-refractivity contribution is 6.13. The largest absolute Gasteiger partial charge is 0.497 e. The number of alkyl carbamates (subject to hydrolysis) is 1. The molecule has 1 atom stereocenters. The number of ketones is 2. The van der Waals surface area contributed by atoms with E-state index < -0.39 is 42.1 Å². The van der Waals surface area contributed by atoms with Crippen LogP contribution < -0.4 is 24.8 Å². The second-order valence-corrected chi connectivity index (χ2v) is 13.6. The Balaban J connectivity index is 0.974. The summed E-state index contributed by atoms with van der Waals surface area (Å²) in [5, 5.41) is 5.28. The van der Waals surface area contributed by atoms with Crippen molar-refractivity contribution in [1.82, 2.24) is 15.6 Å². The fraction of sp³-hybridized carbons (Fsp3) is 0.149. The lowest BCUT2D eigenvalue weighted by molar-refractivity contribution is -0.122. The number of methoxy groups -OCH3 is 2. The van der Waals surface area contributed by atoms with Gasteiger partial charge >= 0.3 is 6.09 Å². The number of rotatable bonds is 15. The first-order chi connectivity index (χ1) is 28.7. The van der Waals surface area contributed by atoms with Gasteiger partial charge in [0.05, 0.1) is 26.7 Å². The smallest absolute Gasteiger partial charge is 0.407 e. The van der Waals surface area contributed by atoms with E-state index in [9.17, 15) is 24.0 Å². The Morgan fingerprint density at radius 3 is 1.97 bits per heavy atom. The Bertz CT molecular complexity index is 2460. The van der Waals surface area contributed by atoms with Crippen LogP contribution in [0.4, 0.5) is 4.79 Å². The number of nitrogens with zero attached hydrogens (tertiary/aromatic N) is 1. The molecule has 1 heterocycles. The molecule has 0 fully saturated rings. The van der Waals surface area contributed by atoms with E-state index in [2.05, 4.69) is 39.9 Å². The van der Waals surface area contributed by atoms with Crippen LogP contribution in [0.2, 0.25) is 0 Å². The lowest BCUT2D eigenvalue weighted by Gasteiger charge is -2.23. The molecule has 1 unspecified atom stereocenters. The number of hydrogen-bond acceptors (Lipinski definition) is 10. The molecule has 59 heavy (non-hydrogen) atoms. The average molecular weight is 790 g/mol. The van der Waals surface area contributed by atoms with Crippen LogP contribution >= 0.6 is 0 Å². The maximum Gasteiger partial charge on any atom is 0.407 e. The van der Waals surface area contributed by atoms with Gasteiger partial charge in [0.2, 0.25) is 0 Å². The number of pyridine rings is 1. The molecule has 0 radical (unpaired) electrons. The molecule has 12 heteroatoms. The zero-order valence-electron chi connectivity index (χ0n) is 32.2. The van der Waals surface area contributed by atoms with Crippen LogP contribution in [0.3, 0.4) is 0 Å². The number of Topliss-reactive ketones (excluding diaryl/α,β-unsaturated/α-hetero) is 2. The zero-order chi connectivity index (χ0) is 41.3. The molecule has 3 amide bonds. The van der Waals surface area contributed by atoms with Crippen LogP contribution in [0.1, 0.15) is 71.8 Å². The molecular weight excluding hydrogens is 751 g/mol. The lowest BCUT2D eigenvalue weighted by atomic mass is 9.97. The molecule has 5 aromatic carbocycles. The van der Waals surface area contributed by atoms with Crippen molar-refractivity contribution >= 4 is 29.5 Å². The van der Waals surface area contributed by atoms with Gasteiger partial charge in [-0.05, 0) is 76.3 Å². The SMILES string of the molecule is COc1ccc(C(NC(=O)OCC2c3ccccc3-c3ccccc32)c2ccc(OCC(=O)NC(=O)c3ccc(C(=O)CC(=O)c4ccccn4)cc3)cc2)c(OC)c1. The number of hydrogen-bond donors (Lipinski definition) is 2. The first-order valence-corrected chi connectivity index (χ1v) is 18.7. The number of amides is 3. The number of aromatic nitrogens is 1. The minimum atomic E-state index is -0.718. The van der Waals surface area contributed by atoms with Gasteiger partial charge in [-0.3, -0.25) is 29.5 Å². The van der Waals surface area contributed by atoms with Crippen molar-refractivity contribution in [3.63, 3.8) is 0 Å². The van der Waals surface area contributed by atoms with Crippen LogP contribution in [0.25, 0.3) is 11.1 Å². The van der Waals surface area contributed by atoms with Gasteiger partial charge in [-0.1, -0.05) is 78.9 Å². The van der Waals surface area contributed by atoms with E-state index in [1.165, 1.54) is 43.6 Å². The fourth-order valence-electron chi connectivity index (χ4n) is 6.97. The third-order valence-corrected chi connectivity index (χ3v) is 9.93. The highest BCUT2D eigenvalue weighted by atomic mass is 16.5. The molecule has 0 saturated carbocycles. The van der Waals surface area contributed by atoms with Crippen molar-refractivity contribution in [2.45, 2.75) is 18.4 Å². The van der Waals surface area contributed by atoms with E-state index in [-0.39, 0.29) is 35.8 Å². The molecule has 0 spiro atoms. The van der Waals surface area contributed by atoms with E-state index in [0.29, 0.717) is 28.4 Å². The Morgan fingerprint density at radius 1 is 0.678 bits per heavy atom. The normalized spacial score (nSPS) is 12.0. The molecule has 2 N–H and O–H groups in total. The molecule has 0 saturated heterocycles. The summed E-state index contributed by atoms with van der Waals surface area (Å²) in [7, 11) is 3.08. The molecule has 6 aromatic rings. The monoisotopic (exact) mass is 789 g/mol. The summed E-state index contributed by atoms with van der Waals surface area (Å²) in [4.78, 5) is 68.0. The van der Waals surface area contributed by atoms with Gasteiger partial charge in [-0.15, -0.1) is 0 Å². The molecule has 0 bridgehead atoms. The highest BCUT2D eigenvalue weighted by Gasteiger charge is 2.30. The Hall–Kier alpha value is -7.60. The van der Waals surface area contributed by atoms with Crippen molar-refractivity contribution < 1.29 is 42.9 Å². The number of carbonyl (C=O) groups excluding carboxylic acids is 5. The van der Waals surface area contributed by atoms with Crippen molar-refractivity contribution in [3.05, 3.63) is 179 Å². The number of benzene rings is 5. The molecule has 1 aromatic heterocycles. The summed E-state index contributed by atoms with van der Waals surface area (Å²) in [5.74, 6) is -0.961. The van der Waals surface area contributed by atoms with Gasteiger partial charge in [-0.25, -0.2) is 4.79 Å². The summed E-state index contributed by atoms with van der Waals surface area (Å²) in [6, 6.07) is 38.0. The standard InChI is InChI=1S/C47H39N3O9/c1-56-33-22-23-38(43(25-33)57-2)45(50-47(55)59-27-39-36-11-5-3-9-34(36)35-10-4-6-12-37(35)39)30-18-20-32(21-19-30)58-28-44(53)49-46(54)31-16-14-29(15-17-31)41(51)26-42(52)40-13-7-8-24-48-40/h3-25,39,45H,26-28H2,1-2H3,(H,50,55)(H,49,53,54). The Labute approximate surface area is 340 Å². The van der Waals surface area contributed by atoms with Crippen LogP contribution in [0.15, 0.2) is 140 Å². The van der Waals surface area contributed by atoms with Gasteiger partial charge in [-0.2, -0.15) is 0 Å². The van der Waals surface area contributed by atoms with E-state index in [1.807, 2.05) is 24.3 Å². The number of fused-ring (bicyclic) bond motifs is 3. The highest BCUT2D eigenvalue weighted by Crippen LogP contribution is 2.44. The summed E-state index contributed by atoms with van der Waals surface area (Å²) in [5.41, 5.74) is 6.31. The second-order valence-electron chi connectivity index (χ2n) is 13.6. The van der Waals surface area contributed by atoms with Crippen molar-refractivity contribution in [2.24, 2.45) is 0 Å². The van der Waals surface area contributed by atoms with Crippen molar-refractivity contribution in [3.8, 4) is 28.4 Å². The fourth-order valence-corrected chi connectivity index (χ4v) is 6.97. The third kappa shape index (κ3) is 9.18. The Kier molecular flexibility index (Phi) is 12.2. The maximum atomic E-state index is 13.5. The van der Waals surface area contributed by atoms with Crippen LogP contribution in [0, 0.1) is 0 Å². The van der Waals surface area contributed by atoms with Crippen LogP contribution in [-0.4, -0.2) is 61.9 Å². The predicted octanol–water partition coefficient (Wildman–Crippen LogP) is 7.52. The quantitative estimate of drug-likeness (QED) is 0.0787. The number of ether oxygens (including phenoxy) is 4. The summed E-state index contributed by atoms with van der Waals surface area (Å²) >= 11 is 0. The first-order valence-electron chi connectivity index (χ1n) is 18.7. The summed E-state index contributed by atoms with van der Waals surface area (Å²) in [6.45, 7) is -0.338. The van der Waals surface area contributed by atoms with Gasteiger partial charge in [0.15, 0.2) is 18.2 Å². The van der Waals surface area contributed by atoms with Crippen LogP contribution in [-0.2, 0) is 9.53 Å². The summed E-state index contributed by atoms with van der Waals surface area (Å²) < 4.78 is 22.7. The third-order valence-electron chi connectivity index (χ3n) is 9.93. The van der Waals surface area contributed by atoms with Crippen molar-refractivity contribution in [1.29, 1.82) is 0 Å². The molecule has 1 aliphatic rings. The van der Waals surface area contributed by atoms with Gasteiger partial charge < -0.3 is 24.3 Å². The number of nitrogens with one attached hydrogen (secondary N) is 2. The van der Waals surface area contributed by atoms with E-state index >= 15 is 0 Å². The minimum Gasteiger partial charge on any atom is -0.497 e. The average Bonchev–Trinajstić information content (AvgIpc) is 3.60. The van der Waals surface area contributed by atoms with Gasteiger partial charge in [0.25, 0.3) is 11.8 Å². The molecule has 0 aliphatic heterocycles. The topological polar surface area (TPSA) is 159 Å². The molecular formula is C47H39N3O9. The van der Waals surface area contributed by atoms with E-state index in [4.69, 9.17) is 18.9 Å². The van der Waals surface area contributed by atoms with Crippen LogP contribution in [0.5, 0.6) is 17.2 Å². The molecule has 12 nitrogen and oxygen atoms in total. The van der Waals surface area contributed by atoms with Crippen molar-refractivity contribution in [2.75, 3.05) is 27.4 Å². The van der Waals surface area contributed by atoms with Gasteiger partial charge in [0, 0.05) is 34.9 Å². The number of imide groups is 1. The first kappa shape index (κ1) is 39.6. The van der Waals surface area contributed by atoms with Gasteiger partial charge in [0.1, 0.15) is 29.5 Å². The predicted molar refractivity (Wildman–Crippen MR) is 218 cm³/mol. The zero-order valence-corrected chi connectivity index (χ0v) is 32.2. The molecule has 1 aliphatic carbocycles. The van der Waals surface area contributed by atoms with E-state index in [1.54, 1.807) is 61.7 Å². The number of carbonyl (C=O) groups is 5. The summed E-state index contributed by atoms with van der Waals surface area (Å²) in [6.07, 6.45) is 0.472. The van der Waals surface area contributed by atoms with E-state index in [0.717, 1.165) is 22.3 Å². The minimum absolute atomic E-state index is 0.121. The second kappa shape index (κ2) is 18.1.